The predicted octanol–water partition coefficient (Wildman–Crippen LogP) is 0.105. The van der Waals surface area contributed by atoms with Crippen molar-refractivity contribution < 1.29 is 14.7 Å². The van der Waals surface area contributed by atoms with E-state index in [9.17, 15) is 9.59 Å². The molecule has 1 aliphatic carbocycles. The number of aryl methyl sites for hydroxylation is 1. The van der Waals surface area contributed by atoms with E-state index in [4.69, 9.17) is 5.11 Å². The average molecular weight is 194 g/mol. The minimum atomic E-state index is -1.03. The van der Waals surface area contributed by atoms with Crippen molar-refractivity contribution in [3.05, 3.63) is 18.0 Å². The summed E-state index contributed by atoms with van der Waals surface area (Å²) >= 11 is 0. The standard InChI is InChI=1S/C9H10N2O3/c1-11-7(2-3-10-11)9(8(13)14)4-6(12)5-9/h2-3H,4-5H2,1H3,(H,13,14). The number of hydrogen-bond acceptors (Lipinski definition) is 3. The molecule has 2 rings (SSSR count). The van der Waals surface area contributed by atoms with Gasteiger partial charge >= 0.3 is 5.97 Å². The van der Waals surface area contributed by atoms with E-state index in [1.165, 1.54) is 4.68 Å². The van der Waals surface area contributed by atoms with Crippen LogP contribution in [0.15, 0.2) is 12.3 Å². The Morgan fingerprint density at radius 3 is 2.64 bits per heavy atom. The quantitative estimate of drug-likeness (QED) is 0.725. The van der Waals surface area contributed by atoms with Gasteiger partial charge in [0, 0.05) is 26.1 Å². The third-order valence-electron chi connectivity index (χ3n) is 2.72. The second-order valence-electron chi connectivity index (χ2n) is 3.62. The van der Waals surface area contributed by atoms with Gasteiger partial charge in [0.25, 0.3) is 0 Å². The zero-order valence-corrected chi connectivity index (χ0v) is 7.73. The van der Waals surface area contributed by atoms with Crippen LogP contribution < -0.4 is 0 Å². The van der Waals surface area contributed by atoms with Gasteiger partial charge in [-0.3, -0.25) is 14.3 Å². The van der Waals surface area contributed by atoms with Crippen LogP contribution >= 0.6 is 0 Å². The summed E-state index contributed by atoms with van der Waals surface area (Å²) in [5.74, 6) is -0.950. The Morgan fingerprint density at radius 1 is 1.64 bits per heavy atom. The van der Waals surface area contributed by atoms with Gasteiger partial charge in [0.2, 0.25) is 0 Å². The fourth-order valence-corrected chi connectivity index (χ4v) is 1.91. The van der Waals surface area contributed by atoms with Crippen molar-refractivity contribution in [2.45, 2.75) is 18.3 Å². The Hall–Kier alpha value is -1.65. The molecule has 5 nitrogen and oxygen atoms in total. The molecule has 14 heavy (non-hydrogen) atoms. The number of carbonyl (C=O) groups excluding carboxylic acids is 1. The molecule has 0 bridgehead atoms. The lowest BCUT2D eigenvalue weighted by Crippen LogP contribution is -2.49. The third-order valence-corrected chi connectivity index (χ3v) is 2.72. The van der Waals surface area contributed by atoms with E-state index < -0.39 is 11.4 Å². The maximum Gasteiger partial charge on any atom is 0.316 e. The number of nitrogens with zero attached hydrogens (tertiary/aromatic N) is 2. The molecule has 0 saturated heterocycles. The van der Waals surface area contributed by atoms with E-state index in [1.807, 2.05) is 0 Å². The lowest BCUT2D eigenvalue weighted by Gasteiger charge is -2.35. The molecule has 0 aliphatic heterocycles. The van der Waals surface area contributed by atoms with E-state index in [0.29, 0.717) is 5.69 Å². The van der Waals surface area contributed by atoms with Crippen LogP contribution in [0.5, 0.6) is 0 Å². The van der Waals surface area contributed by atoms with Gasteiger partial charge in [-0.25, -0.2) is 0 Å². The molecule has 1 saturated carbocycles. The van der Waals surface area contributed by atoms with Crippen molar-refractivity contribution in [1.82, 2.24) is 9.78 Å². The van der Waals surface area contributed by atoms with Gasteiger partial charge in [-0.05, 0) is 6.07 Å². The molecular weight excluding hydrogens is 184 g/mol. The highest BCUT2D eigenvalue weighted by Gasteiger charge is 2.53. The van der Waals surface area contributed by atoms with Crippen LogP contribution in [0.3, 0.4) is 0 Å². The molecule has 1 N–H and O–H groups in total. The number of rotatable bonds is 2. The number of hydrogen-bond donors (Lipinski definition) is 1. The second kappa shape index (κ2) is 2.67. The molecule has 1 heterocycles. The minimum absolute atomic E-state index is 0.00593. The fourth-order valence-electron chi connectivity index (χ4n) is 1.91. The maximum atomic E-state index is 11.1. The smallest absolute Gasteiger partial charge is 0.316 e. The van der Waals surface area contributed by atoms with Crippen LogP contribution in [0.2, 0.25) is 0 Å². The monoisotopic (exact) mass is 194 g/mol. The number of aliphatic carboxylic acids is 1. The predicted molar refractivity (Wildman–Crippen MR) is 46.8 cm³/mol. The van der Waals surface area contributed by atoms with Crippen molar-refractivity contribution in [2.75, 3.05) is 0 Å². The summed E-state index contributed by atoms with van der Waals surface area (Å²) in [5, 5.41) is 13.0. The van der Waals surface area contributed by atoms with Crippen LogP contribution in [-0.4, -0.2) is 26.6 Å². The fraction of sp³-hybridized carbons (Fsp3) is 0.444. The summed E-state index contributed by atoms with van der Waals surface area (Å²) in [4.78, 5) is 22.0. The van der Waals surface area contributed by atoms with Crippen LogP contribution in [0.1, 0.15) is 18.5 Å². The Balaban J connectivity index is 2.44. The highest BCUT2D eigenvalue weighted by Crippen LogP contribution is 2.41. The lowest BCUT2D eigenvalue weighted by atomic mass is 9.65. The number of carboxylic acids is 1. The first kappa shape index (κ1) is 8.93. The molecule has 1 aliphatic rings. The summed E-state index contributed by atoms with van der Waals surface area (Å²) in [7, 11) is 1.68. The van der Waals surface area contributed by atoms with Crippen LogP contribution in [-0.2, 0) is 22.1 Å². The zero-order valence-electron chi connectivity index (χ0n) is 7.73. The molecule has 0 unspecified atom stereocenters. The van der Waals surface area contributed by atoms with E-state index in [0.717, 1.165) is 0 Å². The summed E-state index contributed by atoms with van der Waals surface area (Å²) in [6, 6.07) is 1.65. The number of aromatic nitrogens is 2. The summed E-state index contributed by atoms with van der Waals surface area (Å²) in [5.41, 5.74) is -0.424. The van der Waals surface area contributed by atoms with Crippen LogP contribution in [0, 0.1) is 0 Å². The van der Waals surface area contributed by atoms with Crippen LogP contribution in [0.25, 0.3) is 0 Å². The topological polar surface area (TPSA) is 72.2 Å². The number of carboxylic acid groups (broad SMARTS) is 1. The lowest BCUT2D eigenvalue weighted by molar-refractivity contribution is -0.153. The number of ketones is 1. The van der Waals surface area contributed by atoms with Crippen molar-refractivity contribution in [3.63, 3.8) is 0 Å². The Bertz CT molecular complexity index is 400. The molecule has 1 fully saturated rings. The van der Waals surface area contributed by atoms with Gasteiger partial charge in [0.1, 0.15) is 11.2 Å². The molecule has 0 atom stereocenters. The molecule has 0 amide bonds. The van der Waals surface area contributed by atoms with Crippen LogP contribution in [0.4, 0.5) is 0 Å². The van der Waals surface area contributed by atoms with Gasteiger partial charge in [-0.2, -0.15) is 5.10 Å². The molecule has 74 valence electrons. The van der Waals surface area contributed by atoms with Crippen molar-refractivity contribution >= 4 is 11.8 Å². The van der Waals surface area contributed by atoms with Gasteiger partial charge in [-0.1, -0.05) is 0 Å². The van der Waals surface area contributed by atoms with E-state index in [1.54, 1.807) is 19.3 Å². The van der Waals surface area contributed by atoms with Crippen molar-refractivity contribution in [3.8, 4) is 0 Å². The van der Waals surface area contributed by atoms with Gasteiger partial charge in [0.05, 0.1) is 5.69 Å². The Kier molecular flexibility index (Phi) is 1.70. The highest BCUT2D eigenvalue weighted by atomic mass is 16.4. The van der Waals surface area contributed by atoms with Gasteiger partial charge < -0.3 is 5.11 Å². The van der Waals surface area contributed by atoms with E-state index in [2.05, 4.69) is 5.10 Å². The maximum absolute atomic E-state index is 11.1. The van der Waals surface area contributed by atoms with Crippen molar-refractivity contribution in [1.29, 1.82) is 0 Å². The number of Topliss-reactive ketones (excluding diaryl/α,β-unsaturated/α-hetero) is 1. The first-order chi connectivity index (χ1) is 6.56. The van der Waals surface area contributed by atoms with Crippen molar-refractivity contribution in [2.24, 2.45) is 7.05 Å². The first-order valence-corrected chi connectivity index (χ1v) is 4.30. The Morgan fingerprint density at radius 2 is 2.29 bits per heavy atom. The normalized spacial score (nSPS) is 19.1. The molecule has 1 aromatic heterocycles. The molecule has 1 aromatic rings. The molecule has 5 heteroatoms. The third kappa shape index (κ3) is 0.982. The van der Waals surface area contributed by atoms with E-state index >= 15 is 0 Å². The highest BCUT2D eigenvalue weighted by molar-refractivity contribution is 6.01. The molecule has 0 spiro atoms. The molecule has 0 aromatic carbocycles. The zero-order chi connectivity index (χ0) is 10.3. The average Bonchev–Trinajstić information content (AvgIpc) is 2.45. The first-order valence-electron chi connectivity index (χ1n) is 4.30. The van der Waals surface area contributed by atoms with Gasteiger partial charge in [0.15, 0.2) is 0 Å². The summed E-state index contributed by atoms with van der Waals surface area (Å²) in [6.45, 7) is 0. The SMILES string of the molecule is Cn1nccc1C1(C(=O)O)CC(=O)C1. The Labute approximate surface area is 80.3 Å². The number of carbonyl (C=O) groups is 2. The van der Waals surface area contributed by atoms with Gasteiger partial charge in [-0.15, -0.1) is 0 Å². The molecular formula is C9H10N2O3. The summed E-state index contributed by atoms with van der Waals surface area (Å²) < 4.78 is 1.51. The largest absolute Gasteiger partial charge is 0.481 e. The summed E-state index contributed by atoms with van der Waals surface area (Å²) in [6.07, 6.45) is 1.71. The second-order valence-corrected chi connectivity index (χ2v) is 3.62. The minimum Gasteiger partial charge on any atom is -0.481 e. The molecule has 0 radical (unpaired) electrons. The van der Waals surface area contributed by atoms with E-state index in [-0.39, 0.29) is 18.6 Å².